The smallest absolute Gasteiger partial charge is 0.228 e. The third-order valence-corrected chi connectivity index (χ3v) is 5.19. The summed E-state index contributed by atoms with van der Waals surface area (Å²) in [6.07, 6.45) is 2.07. The number of hydrogen-bond acceptors (Lipinski definition) is 3. The SMILES string of the molecule is CN1CCC[C@@H](C(=O)Nc2ccccc2Sc2ccccc2)C1. The lowest BCUT2D eigenvalue weighted by atomic mass is 9.97. The summed E-state index contributed by atoms with van der Waals surface area (Å²) >= 11 is 1.68. The monoisotopic (exact) mass is 326 g/mol. The van der Waals surface area contributed by atoms with Gasteiger partial charge in [0.1, 0.15) is 0 Å². The molecule has 1 saturated heterocycles. The first-order valence-corrected chi connectivity index (χ1v) is 8.85. The van der Waals surface area contributed by atoms with E-state index in [-0.39, 0.29) is 11.8 Å². The van der Waals surface area contributed by atoms with Gasteiger partial charge >= 0.3 is 0 Å². The van der Waals surface area contributed by atoms with Crippen LogP contribution >= 0.6 is 11.8 Å². The van der Waals surface area contributed by atoms with Crippen LogP contribution in [0.5, 0.6) is 0 Å². The van der Waals surface area contributed by atoms with E-state index in [1.54, 1.807) is 11.8 Å². The van der Waals surface area contributed by atoms with Crippen molar-refractivity contribution in [1.82, 2.24) is 4.90 Å². The van der Waals surface area contributed by atoms with Gasteiger partial charge in [-0.05, 0) is 50.7 Å². The van der Waals surface area contributed by atoms with Gasteiger partial charge in [-0.1, -0.05) is 42.1 Å². The highest BCUT2D eigenvalue weighted by Gasteiger charge is 2.24. The van der Waals surface area contributed by atoms with E-state index in [2.05, 4.69) is 35.5 Å². The third kappa shape index (κ3) is 4.36. The molecule has 0 aromatic heterocycles. The van der Waals surface area contributed by atoms with Crippen molar-refractivity contribution in [2.24, 2.45) is 5.92 Å². The maximum absolute atomic E-state index is 12.6. The van der Waals surface area contributed by atoms with Crippen LogP contribution in [-0.2, 0) is 4.79 Å². The number of benzene rings is 2. The van der Waals surface area contributed by atoms with Crippen LogP contribution in [0.15, 0.2) is 64.4 Å². The summed E-state index contributed by atoms with van der Waals surface area (Å²) in [7, 11) is 2.08. The van der Waals surface area contributed by atoms with E-state index in [0.717, 1.165) is 36.5 Å². The molecule has 120 valence electrons. The van der Waals surface area contributed by atoms with E-state index in [4.69, 9.17) is 0 Å². The number of amides is 1. The van der Waals surface area contributed by atoms with Gasteiger partial charge in [0.25, 0.3) is 0 Å². The van der Waals surface area contributed by atoms with E-state index in [0.29, 0.717) is 0 Å². The van der Waals surface area contributed by atoms with Crippen LogP contribution in [0.3, 0.4) is 0 Å². The predicted octanol–water partition coefficient (Wildman–Crippen LogP) is 4.12. The van der Waals surface area contributed by atoms with E-state index >= 15 is 0 Å². The molecular formula is C19H22N2OS. The fourth-order valence-electron chi connectivity index (χ4n) is 2.89. The number of rotatable bonds is 4. The molecule has 2 aromatic rings. The molecule has 3 nitrogen and oxygen atoms in total. The standard InChI is InChI=1S/C19H22N2OS/c1-21-13-7-8-15(14-21)19(22)20-17-11-5-6-12-18(17)23-16-9-3-2-4-10-16/h2-6,9-12,15H,7-8,13-14H2,1H3,(H,20,22)/t15-/m1/s1. The molecular weight excluding hydrogens is 304 g/mol. The fourth-order valence-corrected chi connectivity index (χ4v) is 3.81. The van der Waals surface area contributed by atoms with Gasteiger partial charge in [0.2, 0.25) is 5.91 Å². The molecule has 1 fully saturated rings. The number of carbonyl (C=O) groups excluding carboxylic acids is 1. The molecule has 1 heterocycles. The van der Waals surface area contributed by atoms with Gasteiger partial charge in [0, 0.05) is 16.3 Å². The van der Waals surface area contributed by atoms with Crippen molar-refractivity contribution in [3.63, 3.8) is 0 Å². The third-order valence-electron chi connectivity index (χ3n) is 4.11. The van der Waals surface area contributed by atoms with Gasteiger partial charge in [0.05, 0.1) is 11.6 Å². The van der Waals surface area contributed by atoms with Crippen LogP contribution in [-0.4, -0.2) is 30.9 Å². The predicted molar refractivity (Wildman–Crippen MR) is 95.9 cm³/mol. The fraction of sp³-hybridized carbons (Fsp3) is 0.316. The molecule has 4 heteroatoms. The van der Waals surface area contributed by atoms with E-state index < -0.39 is 0 Å². The molecule has 1 aliphatic rings. The first-order chi connectivity index (χ1) is 11.2. The Hall–Kier alpha value is -1.78. The number of nitrogens with one attached hydrogen (secondary N) is 1. The van der Waals surface area contributed by atoms with Crippen LogP contribution in [0.1, 0.15) is 12.8 Å². The highest BCUT2D eigenvalue weighted by Crippen LogP contribution is 2.33. The Morgan fingerprint density at radius 2 is 1.87 bits per heavy atom. The summed E-state index contributed by atoms with van der Waals surface area (Å²) in [5.41, 5.74) is 0.902. The molecule has 1 atom stereocenters. The first-order valence-electron chi connectivity index (χ1n) is 8.04. The lowest BCUT2D eigenvalue weighted by Gasteiger charge is -2.28. The number of carbonyl (C=O) groups is 1. The van der Waals surface area contributed by atoms with Crippen molar-refractivity contribution in [2.75, 3.05) is 25.5 Å². The second-order valence-electron chi connectivity index (χ2n) is 6.00. The van der Waals surface area contributed by atoms with Gasteiger partial charge < -0.3 is 10.2 Å². The van der Waals surface area contributed by atoms with Gasteiger partial charge in [-0.25, -0.2) is 0 Å². The number of hydrogen-bond donors (Lipinski definition) is 1. The normalized spacial score (nSPS) is 18.6. The lowest BCUT2D eigenvalue weighted by Crippen LogP contribution is -2.38. The summed E-state index contributed by atoms with van der Waals surface area (Å²) in [4.78, 5) is 17.1. The lowest BCUT2D eigenvalue weighted by molar-refractivity contribution is -0.121. The quantitative estimate of drug-likeness (QED) is 0.917. The van der Waals surface area contributed by atoms with Crippen LogP contribution in [0.2, 0.25) is 0 Å². The Morgan fingerprint density at radius 3 is 2.65 bits per heavy atom. The Morgan fingerprint density at radius 1 is 1.13 bits per heavy atom. The molecule has 0 bridgehead atoms. The minimum absolute atomic E-state index is 0.0866. The van der Waals surface area contributed by atoms with Crippen LogP contribution in [0.25, 0.3) is 0 Å². The highest BCUT2D eigenvalue weighted by molar-refractivity contribution is 7.99. The molecule has 3 rings (SSSR count). The zero-order valence-corrected chi connectivity index (χ0v) is 14.2. The molecule has 0 spiro atoms. The van der Waals surface area contributed by atoms with Gasteiger partial charge in [0.15, 0.2) is 0 Å². The summed E-state index contributed by atoms with van der Waals surface area (Å²) in [5.74, 6) is 0.223. The minimum atomic E-state index is 0.0866. The molecule has 0 aliphatic carbocycles. The first kappa shape index (κ1) is 16.1. The average molecular weight is 326 g/mol. The second-order valence-corrected chi connectivity index (χ2v) is 7.12. The number of para-hydroxylation sites is 1. The molecule has 2 aromatic carbocycles. The zero-order valence-electron chi connectivity index (χ0n) is 13.4. The van der Waals surface area contributed by atoms with Crippen LogP contribution in [0.4, 0.5) is 5.69 Å². The largest absolute Gasteiger partial charge is 0.325 e. The maximum atomic E-state index is 12.6. The molecule has 1 amide bonds. The topological polar surface area (TPSA) is 32.3 Å². The van der Waals surface area contributed by atoms with E-state index in [1.807, 2.05) is 36.4 Å². The maximum Gasteiger partial charge on any atom is 0.228 e. The number of likely N-dealkylation sites (tertiary alicyclic amines) is 1. The van der Waals surface area contributed by atoms with Crippen LogP contribution in [0, 0.1) is 5.92 Å². The second kappa shape index (κ2) is 7.66. The summed E-state index contributed by atoms with van der Waals surface area (Å²) < 4.78 is 0. The number of nitrogens with zero attached hydrogens (tertiary/aromatic N) is 1. The average Bonchev–Trinajstić information content (AvgIpc) is 2.57. The highest BCUT2D eigenvalue weighted by atomic mass is 32.2. The van der Waals surface area contributed by atoms with Gasteiger partial charge in [-0.2, -0.15) is 0 Å². The van der Waals surface area contributed by atoms with Crippen molar-refractivity contribution >= 4 is 23.4 Å². The Bertz CT molecular complexity index is 659. The molecule has 0 radical (unpaired) electrons. The molecule has 1 N–H and O–H groups in total. The van der Waals surface area contributed by atoms with E-state index in [9.17, 15) is 4.79 Å². The van der Waals surface area contributed by atoms with Gasteiger partial charge in [-0.15, -0.1) is 0 Å². The number of anilines is 1. The summed E-state index contributed by atoms with van der Waals surface area (Å²) in [5, 5.41) is 3.13. The molecule has 0 saturated carbocycles. The van der Waals surface area contributed by atoms with Crippen molar-refractivity contribution in [3.8, 4) is 0 Å². The number of piperidine rings is 1. The zero-order chi connectivity index (χ0) is 16.1. The summed E-state index contributed by atoms with van der Waals surface area (Å²) in [6, 6.07) is 18.3. The Balaban J connectivity index is 1.71. The van der Waals surface area contributed by atoms with E-state index in [1.165, 1.54) is 4.90 Å². The Labute approximate surface area is 142 Å². The van der Waals surface area contributed by atoms with Crippen LogP contribution < -0.4 is 5.32 Å². The van der Waals surface area contributed by atoms with Crippen molar-refractivity contribution in [3.05, 3.63) is 54.6 Å². The minimum Gasteiger partial charge on any atom is -0.325 e. The molecule has 1 aliphatic heterocycles. The summed E-state index contributed by atoms with van der Waals surface area (Å²) in [6.45, 7) is 1.93. The van der Waals surface area contributed by atoms with Crippen molar-refractivity contribution in [2.45, 2.75) is 22.6 Å². The van der Waals surface area contributed by atoms with Crippen molar-refractivity contribution in [1.29, 1.82) is 0 Å². The molecule has 0 unspecified atom stereocenters. The molecule has 23 heavy (non-hydrogen) atoms. The van der Waals surface area contributed by atoms with Gasteiger partial charge in [-0.3, -0.25) is 4.79 Å². The Kier molecular flexibility index (Phi) is 5.36. The van der Waals surface area contributed by atoms with Crippen molar-refractivity contribution < 1.29 is 4.79 Å².